The van der Waals surface area contributed by atoms with E-state index in [1.165, 1.54) is 16.1 Å². The number of nitrogens with zero attached hydrogens (tertiary/aromatic N) is 2. The number of hydrogen-bond acceptors (Lipinski definition) is 4. The maximum absolute atomic E-state index is 5.44. The molecule has 0 spiro atoms. The Morgan fingerprint density at radius 1 is 1.29 bits per heavy atom. The van der Waals surface area contributed by atoms with Gasteiger partial charge in [0.05, 0.1) is 30.7 Å². The molecule has 0 bridgehead atoms. The molecular formula is C16H19N3OS. The molecule has 5 heteroatoms. The fourth-order valence-electron chi connectivity index (χ4n) is 2.45. The lowest BCUT2D eigenvalue weighted by Crippen LogP contribution is -2.05. The van der Waals surface area contributed by atoms with Crippen LogP contribution < -0.4 is 10.1 Å². The van der Waals surface area contributed by atoms with E-state index in [2.05, 4.69) is 53.8 Å². The highest BCUT2D eigenvalue weighted by Crippen LogP contribution is 2.27. The molecule has 0 aliphatic heterocycles. The quantitative estimate of drug-likeness (QED) is 0.793. The summed E-state index contributed by atoms with van der Waals surface area (Å²) in [6.45, 7) is 6.95. The van der Waals surface area contributed by atoms with Crippen molar-refractivity contribution in [2.24, 2.45) is 0 Å². The Hall–Kier alpha value is -2.01. The van der Waals surface area contributed by atoms with E-state index < -0.39 is 0 Å². The van der Waals surface area contributed by atoms with Gasteiger partial charge in [-0.1, -0.05) is 6.07 Å². The second-order valence-electron chi connectivity index (χ2n) is 5.20. The summed E-state index contributed by atoms with van der Waals surface area (Å²) < 4.78 is 7.60. The van der Waals surface area contributed by atoms with Crippen molar-refractivity contribution in [3.63, 3.8) is 0 Å². The van der Waals surface area contributed by atoms with Gasteiger partial charge in [-0.05, 0) is 38.5 Å². The van der Waals surface area contributed by atoms with Gasteiger partial charge in [-0.2, -0.15) is 0 Å². The Labute approximate surface area is 128 Å². The van der Waals surface area contributed by atoms with Gasteiger partial charge in [0.15, 0.2) is 4.96 Å². The summed E-state index contributed by atoms with van der Waals surface area (Å²) >= 11 is 1.72. The van der Waals surface area contributed by atoms with Gasteiger partial charge >= 0.3 is 0 Å². The molecule has 4 nitrogen and oxygen atoms in total. The third kappa shape index (κ3) is 2.61. The van der Waals surface area contributed by atoms with Crippen molar-refractivity contribution in [3.8, 4) is 5.75 Å². The number of thiazole rings is 1. The van der Waals surface area contributed by atoms with Crippen LogP contribution in [-0.4, -0.2) is 16.5 Å². The summed E-state index contributed by atoms with van der Waals surface area (Å²) in [5.74, 6) is 0.870. The first-order valence-electron chi connectivity index (χ1n) is 6.91. The fraction of sp³-hybridized carbons (Fsp3) is 0.312. The predicted molar refractivity (Wildman–Crippen MR) is 87.6 cm³/mol. The van der Waals surface area contributed by atoms with Gasteiger partial charge in [0.1, 0.15) is 5.75 Å². The summed E-state index contributed by atoms with van der Waals surface area (Å²) in [7, 11) is 1.70. The van der Waals surface area contributed by atoms with E-state index in [-0.39, 0.29) is 0 Å². The number of fused-ring (bicyclic) bond motifs is 1. The molecule has 0 aliphatic carbocycles. The predicted octanol–water partition coefficient (Wildman–Crippen LogP) is 3.94. The summed E-state index contributed by atoms with van der Waals surface area (Å²) in [5.41, 5.74) is 4.45. The van der Waals surface area contributed by atoms with Crippen molar-refractivity contribution >= 4 is 22.0 Å². The molecule has 0 atom stereocenters. The average molecular weight is 301 g/mol. The van der Waals surface area contributed by atoms with E-state index in [4.69, 9.17) is 4.74 Å². The summed E-state index contributed by atoms with van der Waals surface area (Å²) in [5, 5.41) is 3.45. The molecule has 1 aromatic carbocycles. The lowest BCUT2D eigenvalue weighted by Gasteiger charge is -2.12. The van der Waals surface area contributed by atoms with E-state index >= 15 is 0 Å². The first kappa shape index (κ1) is 13.9. The number of imidazole rings is 1. The first-order valence-corrected chi connectivity index (χ1v) is 7.72. The minimum Gasteiger partial charge on any atom is -0.495 e. The molecule has 0 radical (unpaired) electrons. The van der Waals surface area contributed by atoms with Crippen LogP contribution in [0, 0.1) is 20.8 Å². The number of anilines is 1. The molecule has 2 heterocycles. The van der Waals surface area contributed by atoms with E-state index in [1.807, 2.05) is 6.07 Å². The monoisotopic (exact) mass is 301 g/mol. The minimum atomic E-state index is 0.725. The van der Waals surface area contributed by atoms with Gasteiger partial charge < -0.3 is 10.1 Å². The molecule has 0 fully saturated rings. The zero-order chi connectivity index (χ0) is 15.0. The molecule has 3 rings (SSSR count). The number of aryl methyl sites for hydroxylation is 3. The normalized spacial score (nSPS) is 11.0. The largest absolute Gasteiger partial charge is 0.495 e. The van der Waals surface area contributed by atoms with Crippen molar-refractivity contribution in [1.82, 2.24) is 9.38 Å². The van der Waals surface area contributed by atoms with Crippen molar-refractivity contribution in [2.45, 2.75) is 27.3 Å². The van der Waals surface area contributed by atoms with Crippen LogP contribution in [0.1, 0.15) is 21.8 Å². The van der Waals surface area contributed by atoms with Gasteiger partial charge in [0.25, 0.3) is 0 Å². The number of nitrogens with one attached hydrogen (secondary N) is 1. The number of aromatic nitrogens is 2. The average Bonchev–Trinajstić information content (AvgIpc) is 2.93. The van der Waals surface area contributed by atoms with Crippen LogP contribution >= 0.6 is 11.3 Å². The standard InChI is InChI=1S/C16H19N3OS/c1-10-5-6-13(15(7-10)20-4)17-8-14-12(3)18-16-19(14)9-11(2)21-16/h5-7,9,17H,8H2,1-4H3. The molecule has 2 aromatic heterocycles. The van der Waals surface area contributed by atoms with Crippen LogP contribution in [0.5, 0.6) is 5.75 Å². The SMILES string of the molecule is COc1cc(C)ccc1NCc1c(C)nc2sc(C)cn12. The van der Waals surface area contributed by atoms with Crippen molar-refractivity contribution in [2.75, 3.05) is 12.4 Å². The second-order valence-corrected chi connectivity index (χ2v) is 6.41. The Kier molecular flexibility index (Phi) is 3.59. The Bertz CT molecular complexity index is 788. The van der Waals surface area contributed by atoms with Gasteiger partial charge in [-0.25, -0.2) is 4.98 Å². The summed E-state index contributed by atoms with van der Waals surface area (Å²) in [6.07, 6.45) is 2.14. The minimum absolute atomic E-state index is 0.725. The molecule has 0 aliphatic rings. The maximum atomic E-state index is 5.44. The van der Waals surface area contributed by atoms with E-state index in [0.29, 0.717) is 0 Å². The van der Waals surface area contributed by atoms with Crippen LogP contribution in [0.2, 0.25) is 0 Å². The lowest BCUT2D eigenvalue weighted by molar-refractivity contribution is 0.416. The molecule has 1 N–H and O–H groups in total. The molecule has 21 heavy (non-hydrogen) atoms. The van der Waals surface area contributed by atoms with Crippen LogP contribution in [-0.2, 0) is 6.54 Å². The molecule has 110 valence electrons. The van der Waals surface area contributed by atoms with Gasteiger partial charge in [0.2, 0.25) is 0 Å². The van der Waals surface area contributed by atoms with Crippen LogP contribution in [0.15, 0.2) is 24.4 Å². The van der Waals surface area contributed by atoms with Gasteiger partial charge in [-0.3, -0.25) is 4.40 Å². The fourth-order valence-corrected chi connectivity index (χ4v) is 3.34. The van der Waals surface area contributed by atoms with Crippen LogP contribution in [0.3, 0.4) is 0 Å². The highest BCUT2D eigenvalue weighted by atomic mass is 32.1. The number of ether oxygens (including phenoxy) is 1. The third-order valence-corrected chi connectivity index (χ3v) is 4.44. The Balaban J connectivity index is 1.88. The third-order valence-electron chi connectivity index (χ3n) is 3.54. The highest BCUT2D eigenvalue weighted by molar-refractivity contribution is 7.17. The first-order chi connectivity index (χ1) is 10.1. The molecule has 0 saturated heterocycles. The zero-order valence-corrected chi connectivity index (χ0v) is 13.5. The van der Waals surface area contributed by atoms with Crippen LogP contribution in [0.25, 0.3) is 4.96 Å². The zero-order valence-electron chi connectivity index (χ0n) is 12.7. The highest BCUT2D eigenvalue weighted by Gasteiger charge is 2.11. The van der Waals surface area contributed by atoms with Gasteiger partial charge in [0, 0.05) is 11.1 Å². The molecule has 0 unspecified atom stereocenters. The van der Waals surface area contributed by atoms with Crippen LogP contribution in [0.4, 0.5) is 5.69 Å². The van der Waals surface area contributed by atoms with E-state index in [0.717, 1.165) is 28.6 Å². The number of benzene rings is 1. The van der Waals surface area contributed by atoms with E-state index in [1.54, 1.807) is 18.4 Å². The van der Waals surface area contributed by atoms with Gasteiger partial charge in [-0.15, -0.1) is 11.3 Å². The van der Waals surface area contributed by atoms with Crippen molar-refractivity contribution in [1.29, 1.82) is 0 Å². The molecule has 0 saturated carbocycles. The lowest BCUT2D eigenvalue weighted by atomic mass is 10.2. The topological polar surface area (TPSA) is 38.6 Å². The number of rotatable bonds is 4. The Morgan fingerprint density at radius 3 is 2.86 bits per heavy atom. The number of methoxy groups -OCH3 is 1. The maximum Gasteiger partial charge on any atom is 0.194 e. The van der Waals surface area contributed by atoms with Crippen molar-refractivity contribution in [3.05, 3.63) is 46.2 Å². The van der Waals surface area contributed by atoms with Crippen molar-refractivity contribution < 1.29 is 4.74 Å². The number of hydrogen-bond donors (Lipinski definition) is 1. The second kappa shape index (κ2) is 5.41. The summed E-state index contributed by atoms with van der Waals surface area (Å²) in [4.78, 5) is 6.94. The van der Waals surface area contributed by atoms with E-state index in [9.17, 15) is 0 Å². The molecular weight excluding hydrogens is 282 g/mol. The Morgan fingerprint density at radius 2 is 2.10 bits per heavy atom. The summed E-state index contributed by atoms with van der Waals surface area (Å²) in [6, 6.07) is 6.18. The molecule has 0 amide bonds. The molecule has 3 aromatic rings. The smallest absolute Gasteiger partial charge is 0.194 e.